The van der Waals surface area contributed by atoms with Gasteiger partial charge in [0.1, 0.15) is 11.6 Å². The average molecular weight is 583 g/mol. The number of unbranched alkanes of at least 4 members (excludes halogenated alkanes) is 1. The molecule has 5 rings (SSSR count). The first-order valence-electron chi connectivity index (χ1n) is 13.7. The quantitative estimate of drug-likeness (QED) is 0.283. The van der Waals surface area contributed by atoms with E-state index in [0.29, 0.717) is 19.4 Å². The Morgan fingerprint density at radius 1 is 0.692 bits per heavy atom. The van der Waals surface area contributed by atoms with Gasteiger partial charge in [-0.3, -0.25) is 19.4 Å². The molecule has 0 radical (unpaired) electrons. The summed E-state index contributed by atoms with van der Waals surface area (Å²) in [7, 11) is 0. The second-order valence-electron chi connectivity index (χ2n) is 11.1. The Labute approximate surface area is 242 Å². The van der Waals surface area contributed by atoms with Crippen molar-refractivity contribution in [2.45, 2.75) is 57.4 Å². The van der Waals surface area contributed by atoms with Crippen LogP contribution in [0.1, 0.15) is 68.5 Å². The maximum Gasteiger partial charge on any atom is 0.229 e. The first kappa shape index (κ1) is 31.5. The van der Waals surface area contributed by atoms with Crippen molar-refractivity contribution in [3.8, 4) is 0 Å². The lowest BCUT2D eigenvalue weighted by atomic mass is 9.76. The Morgan fingerprint density at radius 3 is 1.64 bits per heavy atom. The zero-order chi connectivity index (χ0) is 25.8. The van der Waals surface area contributed by atoms with Gasteiger partial charge in [0.25, 0.3) is 0 Å². The van der Waals surface area contributed by atoms with Crippen LogP contribution in [0.3, 0.4) is 0 Å². The maximum atomic E-state index is 13.6. The Hall–Kier alpha value is -2.06. The van der Waals surface area contributed by atoms with Crippen LogP contribution in [0.15, 0.2) is 48.5 Å². The molecule has 5 nitrogen and oxygen atoms in total. The second kappa shape index (κ2) is 14.0. The van der Waals surface area contributed by atoms with Crippen molar-refractivity contribution in [1.29, 1.82) is 0 Å². The lowest BCUT2D eigenvalue weighted by Gasteiger charge is -2.40. The maximum absolute atomic E-state index is 13.6. The molecule has 3 fully saturated rings. The summed E-state index contributed by atoms with van der Waals surface area (Å²) in [5, 5.41) is 0. The predicted molar refractivity (Wildman–Crippen MR) is 153 cm³/mol. The molecule has 1 spiro atoms. The Kier molecular flexibility index (Phi) is 11.3. The van der Waals surface area contributed by atoms with Gasteiger partial charge in [-0.2, -0.15) is 0 Å². The van der Waals surface area contributed by atoms with E-state index in [4.69, 9.17) is 0 Å². The van der Waals surface area contributed by atoms with Gasteiger partial charge in [-0.05, 0) is 73.0 Å². The van der Waals surface area contributed by atoms with Crippen molar-refractivity contribution >= 4 is 36.6 Å². The largest absolute Gasteiger partial charge is 0.301 e. The topological polar surface area (TPSA) is 43.9 Å². The first-order valence-corrected chi connectivity index (χ1v) is 13.7. The van der Waals surface area contributed by atoms with E-state index in [1.165, 1.54) is 29.2 Å². The van der Waals surface area contributed by atoms with Gasteiger partial charge in [0.05, 0.1) is 6.04 Å². The van der Waals surface area contributed by atoms with Gasteiger partial charge < -0.3 is 4.90 Å². The third-order valence-corrected chi connectivity index (χ3v) is 8.57. The summed E-state index contributed by atoms with van der Waals surface area (Å²) in [4.78, 5) is 31.7. The van der Waals surface area contributed by atoms with Gasteiger partial charge in [-0.1, -0.05) is 37.1 Å². The van der Waals surface area contributed by atoms with Gasteiger partial charge in [-0.15, -0.1) is 24.8 Å². The van der Waals surface area contributed by atoms with E-state index in [2.05, 4.69) is 9.80 Å². The molecule has 2 aliphatic heterocycles. The number of halogens is 4. The third kappa shape index (κ3) is 7.57. The van der Waals surface area contributed by atoms with Gasteiger partial charge in [0, 0.05) is 45.6 Å². The summed E-state index contributed by atoms with van der Waals surface area (Å²) in [5.41, 5.74) is 1.96. The number of amides is 2. The molecule has 39 heavy (non-hydrogen) atoms. The molecule has 1 aliphatic carbocycles. The normalized spacial score (nSPS) is 19.8. The van der Waals surface area contributed by atoms with E-state index in [1.54, 1.807) is 0 Å². The van der Waals surface area contributed by atoms with E-state index in [1.807, 2.05) is 24.3 Å². The number of likely N-dealkylation sites (tertiary alicyclic amines) is 1. The zero-order valence-electron chi connectivity index (χ0n) is 22.3. The number of piperidine rings is 1. The van der Waals surface area contributed by atoms with E-state index in [9.17, 15) is 18.4 Å². The smallest absolute Gasteiger partial charge is 0.229 e. The van der Waals surface area contributed by atoms with Crippen LogP contribution in [-0.2, 0) is 9.59 Å². The Morgan fingerprint density at radius 2 is 1.15 bits per heavy atom. The summed E-state index contributed by atoms with van der Waals surface area (Å²) in [5.74, 6) is -0.478. The van der Waals surface area contributed by atoms with Crippen LogP contribution in [0.4, 0.5) is 8.78 Å². The van der Waals surface area contributed by atoms with Crippen LogP contribution in [0, 0.1) is 17.0 Å². The van der Waals surface area contributed by atoms with Gasteiger partial charge >= 0.3 is 0 Å². The summed E-state index contributed by atoms with van der Waals surface area (Å²) in [6.45, 7) is 4.98. The van der Waals surface area contributed by atoms with E-state index in [0.717, 1.165) is 82.4 Å². The minimum Gasteiger partial charge on any atom is -0.301 e. The molecule has 0 N–H and O–H groups in total. The van der Waals surface area contributed by atoms with Crippen molar-refractivity contribution in [1.82, 2.24) is 14.7 Å². The summed E-state index contributed by atoms with van der Waals surface area (Å²) < 4.78 is 27.1. The van der Waals surface area contributed by atoms with Gasteiger partial charge in [0.15, 0.2) is 0 Å². The highest BCUT2D eigenvalue weighted by molar-refractivity contribution is 5.98. The second-order valence-corrected chi connectivity index (χ2v) is 11.1. The van der Waals surface area contributed by atoms with Crippen LogP contribution >= 0.6 is 24.8 Å². The van der Waals surface area contributed by atoms with E-state index >= 15 is 0 Å². The van der Waals surface area contributed by atoms with Crippen LogP contribution in [0.25, 0.3) is 0 Å². The summed E-state index contributed by atoms with van der Waals surface area (Å²) in [6, 6.07) is 13.1. The fourth-order valence-corrected chi connectivity index (χ4v) is 6.52. The molecule has 1 saturated carbocycles. The van der Waals surface area contributed by atoms with Crippen molar-refractivity contribution < 1.29 is 18.4 Å². The Bertz CT molecular complexity index is 1020. The summed E-state index contributed by atoms with van der Waals surface area (Å²) >= 11 is 0. The first-order chi connectivity index (χ1) is 17.9. The molecule has 0 unspecified atom stereocenters. The molecular weight excluding hydrogens is 543 g/mol. The van der Waals surface area contributed by atoms with Crippen molar-refractivity contribution in [3.05, 3.63) is 71.3 Å². The highest BCUT2D eigenvalue weighted by atomic mass is 35.5. The van der Waals surface area contributed by atoms with Gasteiger partial charge in [-0.25, -0.2) is 8.78 Å². The molecule has 3 aliphatic rings. The molecule has 2 aromatic carbocycles. The number of rotatable bonds is 8. The monoisotopic (exact) mass is 581 g/mol. The van der Waals surface area contributed by atoms with E-state index in [-0.39, 0.29) is 59.7 Å². The number of nitrogens with zero attached hydrogens (tertiary/aromatic N) is 3. The molecule has 2 aromatic rings. The number of carbonyl (C=O) groups is 2. The average Bonchev–Trinajstić information content (AvgIpc) is 3.33. The lowest BCUT2D eigenvalue weighted by Crippen LogP contribution is -2.48. The van der Waals surface area contributed by atoms with Crippen LogP contribution in [0.2, 0.25) is 0 Å². The number of imide groups is 1. The van der Waals surface area contributed by atoms with Crippen LogP contribution in [0.5, 0.6) is 0 Å². The van der Waals surface area contributed by atoms with E-state index < -0.39 is 0 Å². The predicted octanol–water partition coefficient (Wildman–Crippen LogP) is 6.01. The van der Waals surface area contributed by atoms with Crippen LogP contribution < -0.4 is 0 Å². The van der Waals surface area contributed by atoms with Crippen molar-refractivity contribution in [2.24, 2.45) is 5.41 Å². The highest BCUT2D eigenvalue weighted by Gasteiger charge is 2.44. The minimum absolute atomic E-state index is 0. The molecule has 2 saturated heterocycles. The Balaban J connectivity index is 0.00000210. The summed E-state index contributed by atoms with van der Waals surface area (Å²) in [6.07, 6.45) is 7.19. The van der Waals surface area contributed by atoms with Crippen molar-refractivity contribution in [3.63, 3.8) is 0 Å². The SMILES string of the molecule is Cl.Cl.O=C1CC2(CCCC2)CC(=O)N1CCCCN1CCN(C(c2ccc(F)cc2)c2ccc(F)cc2)CC1. The van der Waals surface area contributed by atoms with Crippen molar-refractivity contribution in [2.75, 3.05) is 39.3 Å². The number of hydrogen-bond donors (Lipinski definition) is 0. The van der Waals surface area contributed by atoms with Gasteiger partial charge in [0.2, 0.25) is 11.8 Å². The standard InChI is InChI=1S/C30H37F2N3O2.2ClH/c31-25-9-5-23(6-10-25)29(24-7-11-26(32)12-8-24)34-19-17-33(18-20-34)15-3-4-16-35-27(36)21-30(22-28(35)37)13-1-2-14-30;;/h5-12,29H,1-4,13-22H2;2*1H. The molecule has 0 bridgehead atoms. The lowest BCUT2D eigenvalue weighted by molar-refractivity contribution is -0.153. The van der Waals surface area contributed by atoms with Crippen LogP contribution in [-0.4, -0.2) is 65.8 Å². The molecule has 9 heteroatoms. The minimum atomic E-state index is -0.266. The number of hydrogen-bond acceptors (Lipinski definition) is 4. The highest BCUT2D eigenvalue weighted by Crippen LogP contribution is 2.46. The fourth-order valence-electron chi connectivity index (χ4n) is 6.52. The molecule has 0 atom stereocenters. The number of piperazine rings is 1. The third-order valence-electron chi connectivity index (χ3n) is 8.57. The molecule has 2 heterocycles. The molecule has 214 valence electrons. The molecule has 0 aromatic heterocycles. The number of benzene rings is 2. The molecule has 2 amide bonds. The molecular formula is C30H39Cl2F2N3O2. The fraction of sp³-hybridized carbons (Fsp3) is 0.533. The zero-order valence-corrected chi connectivity index (χ0v) is 24.0. The number of carbonyl (C=O) groups excluding carboxylic acids is 2.